The number of methoxy groups -OCH3 is 1. The molecule has 2 aliphatic heterocycles. The van der Waals surface area contributed by atoms with Crippen molar-refractivity contribution in [1.82, 2.24) is 25.1 Å². The molecule has 36 heavy (non-hydrogen) atoms. The number of anilines is 1. The van der Waals surface area contributed by atoms with Gasteiger partial charge < -0.3 is 19.1 Å². The number of ether oxygens (including phenoxy) is 3. The van der Waals surface area contributed by atoms with Gasteiger partial charge in [0.05, 0.1) is 25.4 Å². The van der Waals surface area contributed by atoms with Gasteiger partial charge in [0, 0.05) is 26.2 Å². The molecule has 3 heterocycles. The van der Waals surface area contributed by atoms with Crippen molar-refractivity contribution in [3.8, 4) is 17.2 Å². The van der Waals surface area contributed by atoms with Crippen LogP contribution in [-0.2, 0) is 6.54 Å². The molecule has 1 atom stereocenters. The van der Waals surface area contributed by atoms with Gasteiger partial charge in [-0.3, -0.25) is 4.90 Å². The number of rotatable bonds is 7. The molecule has 0 saturated carbocycles. The lowest BCUT2D eigenvalue weighted by Gasteiger charge is -2.40. The minimum absolute atomic E-state index is 0.0602. The number of aromatic nitrogens is 4. The molecule has 0 bridgehead atoms. The Hall–Kier alpha value is -4.11. The normalized spacial score (nSPS) is 16.2. The predicted octanol–water partition coefficient (Wildman–Crippen LogP) is 3.37. The minimum Gasteiger partial charge on any atom is -0.495 e. The monoisotopic (exact) mass is 484 g/mol. The fourth-order valence-electron chi connectivity index (χ4n) is 5.00. The summed E-state index contributed by atoms with van der Waals surface area (Å²) >= 11 is 0. The quantitative estimate of drug-likeness (QED) is 0.395. The molecule has 1 aromatic heterocycles. The average molecular weight is 485 g/mol. The van der Waals surface area contributed by atoms with Crippen LogP contribution in [0.25, 0.3) is 0 Å². The Bertz CT molecular complexity index is 1320. The number of benzene rings is 3. The lowest BCUT2D eigenvalue weighted by molar-refractivity contribution is 0.174. The van der Waals surface area contributed by atoms with Crippen molar-refractivity contribution in [2.75, 3.05) is 45.0 Å². The summed E-state index contributed by atoms with van der Waals surface area (Å²) in [4.78, 5) is 4.84. The largest absolute Gasteiger partial charge is 0.495 e. The van der Waals surface area contributed by atoms with Crippen LogP contribution in [0.5, 0.6) is 17.2 Å². The van der Waals surface area contributed by atoms with E-state index in [1.807, 2.05) is 41.1 Å². The second kappa shape index (κ2) is 9.87. The highest BCUT2D eigenvalue weighted by molar-refractivity contribution is 5.58. The molecule has 0 spiro atoms. The zero-order valence-electron chi connectivity index (χ0n) is 20.2. The van der Waals surface area contributed by atoms with Gasteiger partial charge in [0.2, 0.25) is 6.79 Å². The van der Waals surface area contributed by atoms with E-state index in [0.717, 1.165) is 60.5 Å². The first-order valence-corrected chi connectivity index (χ1v) is 12.1. The molecule has 4 aromatic rings. The van der Waals surface area contributed by atoms with Gasteiger partial charge >= 0.3 is 0 Å². The Balaban J connectivity index is 1.26. The molecule has 1 saturated heterocycles. The topological polar surface area (TPSA) is 77.8 Å². The summed E-state index contributed by atoms with van der Waals surface area (Å²) in [6.07, 6.45) is 0. The number of tetrazole rings is 1. The van der Waals surface area contributed by atoms with Gasteiger partial charge in [0.25, 0.3) is 0 Å². The Labute approximate surface area is 209 Å². The molecule has 0 unspecified atom stereocenters. The van der Waals surface area contributed by atoms with Gasteiger partial charge in [-0.15, -0.1) is 5.10 Å². The van der Waals surface area contributed by atoms with Gasteiger partial charge in [-0.2, -0.15) is 0 Å². The summed E-state index contributed by atoms with van der Waals surface area (Å²) in [6, 6.07) is 24.6. The number of hydrogen-bond acceptors (Lipinski definition) is 8. The number of fused-ring (bicyclic) bond motifs is 1. The first-order valence-electron chi connectivity index (χ1n) is 12.1. The van der Waals surface area contributed by atoms with Crippen LogP contribution in [0.4, 0.5) is 5.69 Å². The average Bonchev–Trinajstić information content (AvgIpc) is 3.59. The minimum atomic E-state index is -0.0602. The molecule has 6 rings (SSSR count). The van der Waals surface area contributed by atoms with Crippen molar-refractivity contribution >= 4 is 5.69 Å². The lowest BCUT2D eigenvalue weighted by Crippen LogP contribution is -2.48. The highest BCUT2D eigenvalue weighted by Crippen LogP contribution is 2.34. The maximum atomic E-state index is 5.60. The number of para-hydroxylation sites is 2. The summed E-state index contributed by atoms with van der Waals surface area (Å²) in [7, 11) is 1.72. The summed E-state index contributed by atoms with van der Waals surface area (Å²) in [5.41, 5.74) is 3.36. The molecule has 2 aliphatic rings. The van der Waals surface area contributed by atoms with Crippen molar-refractivity contribution in [1.29, 1.82) is 0 Å². The molecule has 3 aromatic carbocycles. The molecule has 0 N–H and O–H groups in total. The lowest BCUT2D eigenvalue weighted by atomic mass is 10.0. The van der Waals surface area contributed by atoms with Crippen LogP contribution in [0, 0.1) is 0 Å². The first-order chi connectivity index (χ1) is 17.8. The van der Waals surface area contributed by atoms with Crippen molar-refractivity contribution < 1.29 is 14.2 Å². The fourth-order valence-corrected chi connectivity index (χ4v) is 5.00. The van der Waals surface area contributed by atoms with Crippen molar-refractivity contribution in [3.05, 3.63) is 89.7 Å². The van der Waals surface area contributed by atoms with Gasteiger partial charge in [0.15, 0.2) is 17.3 Å². The van der Waals surface area contributed by atoms with Crippen molar-refractivity contribution in [2.24, 2.45) is 0 Å². The van der Waals surface area contributed by atoms with Crippen molar-refractivity contribution in [2.45, 2.75) is 12.6 Å². The van der Waals surface area contributed by atoms with Crippen LogP contribution >= 0.6 is 0 Å². The zero-order chi connectivity index (χ0) is 24.3. The Morgan fingerprint density at radius 1 is 0.889 bits per heavy atom. The standard InChI is InChI=1S/C27H28N6O3/c1-34-23-10-6-5-9-22(23)31-13-15-32(16-14-31)26(21-7-3-2-4-8-21)27-28-29-30-33(27)18-20-11-12-24-25(17-20)36-19-35-24/h2-12,17,26H,13-16,18-19H2,1H3/t26-/m0/s1. The third-order valence-corrected chi connectivity index (χ3v) is 6.79. The highest BCUT2D eigenvalue weighted by Gasteiger charge is 2.31. The summed E-state index contributed by atoms with van der Waals surface area (Å²) in [6.45, 7) is 4.30. The summed E-state index contributed by atoms with van der Waals surface area (Å²) in [5.74, 6) is 3.25. The smallest absolute Gasteiger partial charge is 0.231 e. The molecular weight excluding hydrogens is 456 g/mol. The SMILES string of the molecule is COc1ccccc1N1CCN([C@@H](c2ccccc2)c2nnnn2Cc2ccc3c(c2)OCO3)CC1. The van der Waals surface area contributed by atoms with Gasteiger partial charge in [0.1, 0.15) is 5.75 Å². The van der Waals surface area contributed by atoms with E-state index >= 15 is 0 Å². The zero-order valence-corrected chi connectivity index (χ0v) is 20.2. The fraction of sp³-hybridized carbons (Fsp3) is 0.296. The Kier molecular flexibility index (Phi) is 6.13. The van der Waals surface area contributed by atoms with Crippen LogP contribution in [0.3, 0.4) is 0 Å². The van der Waals surface area contributed by atoms with Crippen LogP contribution in [-0.4, -0.2) is 65.2 Å². The van der Waals surface area contributed by atoms with Gasteiger partial charge in [-0.25, -0.2) is 4.68 Å². The molecule has 9 nitrogen and oxygen atoms in total. The number of piperazine rings is 1. The maximum Gasteiger partial charge on any atom is 0.231 e. The second-order valence-electron chi connectivity index (χ2n) is 8.89. The molecule has 0 aliphatic carbocycles. The third kappa shape index (κ3) is 4.33. The van der Waals surface area contributed by atoms with E-state index in [2.05, 4.69) is 61.7 Å². The van der Waals surface area contributed by atoms with Gasteiger partial charge in [-0.1, -0.05) is 48.5 Å². The van der Waals surface area contributed by atoms with E-state index in [1.165, 1.54) is 5.56 Å². The summed E-state index contributed by atoms with van der Waals surface area (Å²) in [5, 5.41) is 12.9. The summed E-state index contributed by atoms with van der Waals surface area (Å²) < 4.78 is 18.5. The van der Waals surface area contributed by atoms with Crippen LogP contribution in [0.2, 0.25) is 0 Å². The van der Waals surface area contributed by atoms with Crippen molar-refractivity contribution in [3.63, 3.8) is 0 Å². The Morgan fingerprint density at radius 2 is 1.67 bits per heavy atom. The van der Waals surface area contributed by atoms with Crippen LogP contribution in [0.15, 0.2) is 72.8 Å². The van der Waals surface area contributed by atoms with E-state index in [4.69, 9.17) is 14.2 Å². The first kappa shape index (κ1) is 22.4. The van der Waals surface area contributed by atoms with E-state index in [1.54, 1.807) is 7.11 Å². The predicted molar refractivity (Wildman–Crippen MR) is 135 cm³/mol. The molecule has 0 radical (unpaired) electrons. The third-order valence-electron chi connectivity index (χ3n) is 6.79. The van der Waals surface area contributed by atoms with Crippen LogP contribution in [0.1, 0.15) is 23.0 Å². The number of hydrogen-bond donors (Lipinski definition) is 0. The van der Waals surface area contributed by atoms with Crippen LogP contribution < -0.4 is 19.1 Å². The van der Waals surface area contributed by atoms with Gasteiger partial charge in [-0.05, 0) is 45.8 Å². The molecule has 1 fully saturated rings. The molecule has 0 amide bonds. The molecule has 9 heteroatoms. The van der Waals surface area contributed by atoms with E-state index in [0.29, 0.717) is 6.54 Å². The second-order valence-corrected chi connectivity index (χ2v) is 8.89. The Morgan fingerprint density at radius 3 is 2.50 bits per heavy atom. The van der Waals surface area contributed by atoms with E-state index in [9.17, 15) is 0 Å². The molecule has 184 valence electrons. The highest BCUT2D eigenvalue weighted by atomic mass is 16.7. The molecular formula is C27H28N6O3. The van der Waals surface area contributed by atoms with E-state index < -0.39 is 0 Å². The van der Waals surface area contributed by atoms with E-state index in [-0.39, 0.29) is 12.8 Å². The maximum absolute atomic E-state index is 5.60. The number of nitrogens with zero attached hydrogens (tertiary/aromatic N) is 6.